The van der Waals surface area contributed by atoms with E-state index in [-0.39, 0.29) is 12.0 Å². The number of ether oxygens (including phenoxy) is 3. The molecule has 0 unspecified atom stereocenters. The normalized spacial score (nSPS) is 15.8. The first-order chi connectivity index (χ1) is 14.5. The average molecular weight is 409 g/mol. The van der Waals surface area contributed by atoms with Gasteiger partial charge in [0.05, 0.1) is 18.8 Å². The van der Waals surface area contributed by atoms with Gasteiger partial charge in [-0.15, -0.1) is 0 Å². The smallest absolute Gasteiger partial charge is 0.338 e. The minimum absolute atomic E-state index is 0.0409. The van der Waals surface area contributed by atoms with E-state index in [0.717, 1.165) is 31.5 Å². The first kappa shape index (κ1) is 20.3. The summed E-state index contributed by atoms with van der Waals surface area (Å²) in [7, 11) is 1.35. The molecule has 0 bridgehead atoms. The van der Waals surface area contributed by atoms with Crippen molar-refractivity contribution >= 4 is 17.6 Å². The van der Waals surface area contributed by atoms with Crippen molar-refractivity contribution in [3.05, 3.63) is 48.0 Å². The van der Waals surface area contributed by atoms with Crippen LogP contribution < -0.4 is 14.4 Å². The van der Waals surface area contributed by atoms with Crippen LogP contribution in [-0.2, 0) is 9.53 Å². The van der Waals surface area contributed by atoms with E-state index in [1.165, 1.54) is 20.0 Å². The van der Waals surface area contributed by atoms with E-state index >= 15 is 0 Å². The topological polar surface area (TPSA) is 65.1 Å². The SMILES string of the molecule is COC(=O)c1cc(Oc2ccc(N(CC3CC3)C(C)=O)cc2)cc(OC2CCC2)c1. The van der Waals surface area contributed by atoms with Crippen molar-refractivity contribution in [3.63, 3.8) is 0 Å². The monoisotopic (exact) mass is 409 g/mol. The van der Waals surface area contributed by atoms with E-state index in [2.05, 4.69) is 0 Å². The molecule has 158 valence electrons. The molecule has 2 aromatic rings. The molecule has 1 amide bonds. The average Bonchev–Trinajstić information content (AvgIpc) is 3.53. The molecular formula is C24H27NO5. The number of rotatable bonds is 8. The Hall–Kier alpha value is -3.02. The van der Waals surface area contributed by atoms with Gasteiger partial charge in [-0.1, -0.05) is 0 Å². The third-order valence-corrected chi connectivity index (χ3v) is 5.56. The van der Waals surface area contributed by atoms with Crippen LogP contribution in [0.2, 0.25) is 0 Å². The van der Waals surface area contributed by atoms with Gasteiger partial charge in [-0.05, 0) is 74.4 Å². The maximum Gasteiger partial charge on any atom is 0.338 e. The lowest BCUT2D eigenvalue weighted by Crippen LogP contribution is -2.30. The predicted molar refractivity (Wildman–Crippen MR) is 113 cm³/mol. The number of carbonyl (C=O) groups excluding carboxylic acids is 2. The number of nitrogens with zero attached hydrogens (tertiary/aromatic N) is 1. The molecule has 0 atom stereocenters. The van der Waals surface area contributed by atoms with Crippen molar-refractivity contribution in [1.82, 2.24) is 0 Å². The van der Waals surface area contributed by atoms with E-state index in [1.54, 1.807) is 25.1 Å². The lowest BCUT2D eigenvalue weighted by molar-refractivity contribution is -0.116. The highest BCUT2D eigenvalue weighted by molar-refractivity contribution is 5.91. The molecular weight excluding hydrogens is 382 g/mol. The zero-order chi connectivity index (χ0) is 21.1. The number of methoxy groups -OCH3 is 1. The first-order valence-corrected chi connectivity index (χ1v) is 10.5. The molecule has 2 aliphatic rings. The molecule has 0 spiro atoms. The predicted octanol–water partition coefficient (Wildman–Crippen LogP) is 4.96. The van der Waals surface area contributed by atoms with Crippen LogP contribution in [0.25, 0.3) is 0 Å². The standard InChI is InChI=1S/C24H27NO5/c1-16(26)25(15-17-6-7-17)19-8-10-21(11-9-19)30-23-13-18(24(27)28-2)12-22(14-23)29-20-4-3-5-20/h8-14,17,20H,3-7,15H2,1-2H3. The van der Waals surface area contributed by atoms with Gasteiger partial charge in [0.25, 0.3) is 0 Å². The Kier molecular flexibility index (Phi) is 5.93. The lowest BCUT2D eigenvalue weighted by Gasteiger charge is -2.26. The fourth-order valence-electron chi connectivity index (χ4n) is 3.42. The number of esters is 1. The maximum atomic E-state index is 12.0. The van der Waals surface area contributed by atoms with Gasteiger partial charge < -0.3 is 19.1 Å². The number of hydrogen-bond acceptors (Lipinski definition) is 5. The molecule has 0 aliphatic heterocycles. The van der Waals surface area contributed by atoms with Gasteiger partial charge in [0, 0.05) is 25.2 Å². The highest BCUT2D eigenvalue weighted by atomic mass is 16.5. The second kappa shape index (κ2) is 8.78. The molecule has 2 aromatic carbocycles. The van der Waals surface area contributed by atoms with Gasteiger partial charge in [0.2, 0.25) is 5.91 Å². The van der Waals surface area contributed by atoms with Crippen molar-refractivity contribution in [1.29, 1.82) is 0 Å². The Morgan fingerprint density at radius 3 is 2.23 bits per heavy atom. The summed E-state index contributed by atoms with van der Waals surface area (Å²) in [6.07, 6.45) is 5.77. The van der Waals surface area contributed by atoms with Crippen LogP contribution in [0.3, 0.4) is 0 Å². The first-order valence-electron chi connectivity index (χ1n) is 10.5. The number of carbonyl (C=O) groups is 2. The van der Waals surface area contributed by atoms with Crippen molar-refractivity contribution in [2.75, 3.05) is 18.6 Å². The van der Waals surface area contributed by atoms with Crippen molar-refractivity contribution in [2.24, 2.45) is 5.92 Å². The third kappa shape index (κ3) is 4.93. The van der Waals surface area contributed by atoms with Crippen LogP contribution in [0.4, 0.5) is 5.69 Å². The Labute approximate surface area is 176 Å². The number of benzene rings is 2. The van der Waals surface area contributed by atoms with Crippen LogP contribution >= 0.6 is 0 Å². The van der Waals surface area contributed by atoms with Crippen molar-refractivity contribution in [2.45, 2.75) is 45.1 Å². The Balaban J connectivity index is 1.51. The molecule has 6 heteroatoms. The van der Waals surface area contributed by atoms with Crippen LogP contribution in [-0.4, -0.2) is 31.6 Å². The zero-order valence-corrected chi connectivity index (χ0v) is 17.4. The summed E-state index contributed by atoms with van der Waals surface area (Å²) in [5, 5.41) is 0. The minimum atomic E-state index is -0.438. The highest BCUT2D eigenvalue weighted by Crippen LogP contribution is 2.34. The molecule has 0 heterocycles. The Morgan fingerprint density at radius 2 is 1.67 bits per heavy atom. The lowest BCUT2D eigenvalue weighted by atomic mass is 9.96. The fraction of sp³-hybridized carbons (Fsp3) is 0.417. The molecule has 4 rings (SSSR count). The van der Waals surface area contributed by atoms with E-state index < -0.39 is 5.97 Å². The summed E-state index contributed by atoms with van der Waals surface area (Å²) < 4.78 is 16.8. The van der Waals surface area contributed by atoms with Crippen LogP contribution in [0.15, 0.2) is 42.5 Å². The van der Waals surface area contributed by atoms with Gasteiger partial charge >= 0.3 is 5.97 Å². The summed E-state index contributed by atoms with van der Waals surface area (Å²) in [5.41, 5.74) is 1.24. The summed E-state index contributed by atoms with van der Waals surface area (Å²) in [5.74, 6) is 1.93. The Morgan fingerprint density at radius 1 is 0.967 bits per heavy atom. The van der Waals surface area contributed by atoms with Gasteiger partial charge in [0.1, 0.15) is 17.2 Å². The second-order valence-corrected chi connectivity index (χ2v) is 8.02. The number of amides is 1. The highest BCUT2D eigenvalue weighted by Gasteiger charge is 2.26. The molecule has 0 saturated heterocycles. The van der Waals surface area contributed by atoms with Crippen LogP contribution in [0.5, 0.6) is 17.2 Å². The van der Waals surface area contributed by atoms with Crippen molar-refractivity contribution in [3.8, 4) is 17.2 Å². The molecule has 2 aliphatic carbocycles. The molecule has 0 aromatic heterocycles. The summed E-state index contributed by atoms with van der Waals surface area (Å²) in [6.45, 7) is 2.35. The van der Waals surface area contributed by atoms with Gasteiger partial charge in [-0.25, -0.2) is 4.79 Å². The molecule has 2 saturated carbocycles. The summed E-state index contributed by atoms with van der Waals surface area (Å²) in [4.78, 5) is 25.9. The quantitative estimate of drug-likeness (QED) is 0.577. The molecule has 30 heavy (non-hydrogen) atoms. The van der Waals surface area contributed by atoms with Gasteiger partial charge in [-0.2, -0.15) is 0 Å². The zero-order valence-electron chi connectivity index (χ0n) is 17.4. The van der Waals surface area contributed by atoms with E-state index in [1.807, 2.05) is 29.2 Å². The van der Waals surface area contributed by atoms with Crippen molar-refractivity contribution < 1.29 is 23.8 Å². The number of hydrogen-bond donors (Lipinski definition) is 0. The Bertz CT molecular complexity index is 916. The third-order valence-electron chi connectivity index (χ3n) is 5.56. The minimum Gasteiger partial charge on any atom is -0.490 e. The molecule has 6 nitrogen and oxygen atoms in total. The molecule has 0 N–H and O–H groups in total. The largest absolute Gasteiger partial charge is 0.490 e. The molecule has 0 radical (unpaired) electrons. The summed E-state index contributed by atoms with van der Waals surface area (Å²) >= 11 is 0. The fourth-order valence-corrected chi connectivity index (χ4v) is 3.42. The van der Waals surface area contributed by atoms with E-state index in [4.69, 9.17) is 14.2 Å². The van der Waals surface area contributed by atoms with E-state index in [0.29, 0.717) is 28.7 Å². The summed E-state index contributed by atoms with van der Waals surface area (Å²) in [6, 6.07) is 12.5. The molecule has 2 fully saturated rings. The van der Waals surface area contributed by atoms with Crippen LogP contribution in [0.1, 0.15) is 49.4 Å². The second-order valence-electron chi connectivity index (χ2n) is 8.02. The van der Waals surface area contributed by atoms with E-state index in [9.17, 15) is 9.59 Å². The van der Waals surface area contributed by atoms with Gasteiger partial charge in [-0.3, -0.25) is 4.79 Å². The maximum absolute atomic E-state index is 12.0. The van der Waals surface area contributed by atoms with Gasteiger partial charge in [0.15, 0.2) is 0 Å². The number of anilines is 1. The van der Waals surface area contributed by atoms with Crippen LogP contribution in [0, 0.1) is 5.92 Å².